The van der Waals surface area contributed by atoms with Crippen molar-refractivity contribution in [2.24, 2.45) is 5.92 Å². The Balaban J connectivity index is 1.69. The number of nitrogens with zero attached hydrogens (tertiary/aromatic N) is 3. The number of fused-ring (bicyclic) bond motifs is 1. The van der Waals surface area contributed by atoms with Crippen molar-refractivity contribution in [3.05, 3.63) is 59.4 Å². The van der Waals surface area contributed by atoms with Crippen molar-refractivity contribution in [1.82, 2.24) is 25.5 Å². The van der Waals surface area contributed by atoms with Crippen LogP contribution in [0.15, 0.2) is 48.7 Å². The summed E-state index contributed by atoms with van der Waals surface area (Å²) in [5.74, 6) is -0.865. The third kappa shape index (κ3) is 3.58. The van der Waals surface area contributed by atoms with Gasteiger partial charge in [-0.15, -0.1) is 0 Å². The van der Waals surface area contributed by atoms with Gasteiger partial charge in [0.2, 0.25) is 5.91 Å². The third-order valence-electron chi connectivity index (χ3n) is 5.60. The third-order valence-corrected chi connectivity index (χ3v) is 5.89. The molecule has 1 atom stereocenters. The maximum atomic E-state index is 13.2. The summed E-state index contributed by atoms with van der Waals surface area (Å²) in [6, 6.07) is 13.1. The zero-order valence-electron chi connectivity index (χ0n) is 16.9. The van der Waals surface area contributed by atoms with Gasteiger partial charge in [0.05, 0.1) is 28.1 Å². The molecule has 1 amide bonds. The monoisotopic (exact) mass is 446 g/mol. The fourth-order valence-electron chi connectivity index (χ4n) is 3.98. The molecule has 1 aliphatic rings. The van der Waals surface area contributed by atoms with E-state index in [9.17, 15) is 9.59 Å². The van der Waals surface area contributed by atoms with Crippen molar-refractivity contribution < 1.29 is 9.59 Å². The number of nitrogens with one attached hydrogen (secondary N) is 2. The van der Waals surface area contributed by atoms with E-state index < -0.39 is 5.92 Å². The number of piperidine rings is 1. The minimum atomic E-state index is -0.476. The molecule has 4 N–H and O–H groups in total. The van der Waals surface area contributed by atoms with E-state index in [-0.39, 0.29) is 29.6 Å². The molecule has 8 nitrogen and oxygen atoms in total. The van der Waals surface area contributed by atoms with Crippen molar-refractivity contribution in [3.8, 4) is 22.5 Å². The van der Waals surface area contributed by atoms with Gasteiger partial charge in [0.25, 0.3) is 0 Å². The highest BCUT2D eigenvalue weighted by molar-refractivity contribution is 6.35. The number of hydrogen-bond donors (Lipinski definition) is 3. The average molecular weight is 447 g/mol. The molecule has 32 heavy (non-hydrogen) atoms. The SMILES string of the molecule is Nc1nc(-c2ccccc2)c(-c2cc(Cl)c3[nH]ncc3c2)nc1C(=O)C1CCNC(=O)C1. The van der Waals surface area contributed by atoms with Crippen LogP contribution < -0.4 is 11.1 Å². The summed E-state index contributed by atoms with van der Waals surface area (Å²) in [5.41, 5.74) is 9.52. The van der Waals surface area contributed by atoms with Crippen molar-refractivity contribution in [1.29, 1.82) is 0 Å². The molecule has 3 heterocycles. The number of Topliss-reactive ketones (excluding diaryl/α,β-unsaturated/α-hetero) is 1. The Hall–Kier alpha value is -3.78. The maximum Gasteiger partial charge on any atom is 0.220 e. The van der Waals surface area contributed by atoms with Crippen LogP contribution in [0.25, 0.3) is 33.4 Å². The number of rotatable bonds is 4. The van der Waals surface area contributed by atoms with Crippen molar-refractivity contribution >= 4 is 40.0 Å². The van der Waals surface area contributed by atoms with Gasteiger partial charge >= 0.3 is 0 Å². The van der Waals surface area contributed by atoms with Gasteiger partial charge in [-0.3, -0.25) is 14.7 Å². The predicted octanol–water partition coefficient (Wildman–Crippen LogP) is 3.63. The summed E-state index contributed by atoms with van der Waals surface area (Å²) < 4.78 is 0. The van der Waals surface area contributed by atoms with Crippen LogP contribution in [0.3, 0.4) is 0 Å². The van der Waals surface area contributed by atoms with Gasteiger partial charge in [-0.05, 0) is 18.6 Å². The van der Waals surface area contributed by atoms with Crippen LogP contribution >= 0.6 is 11.6 Å². The molecule has 0 radical (unpaired) electrons. The summed E-state index contributed by atoms with van der Waals surface area (Å²) in [4.78, 5) is 34.3. The summed E-state index contributed by atoms with van der Waals surface area (Å²) in [6.45, 7) is 0.449. The van der Waals surface area contributed by atoms with Crippen molar-refractivity contribution in [3.63, 3.8) is 0 Å². The number of halogens is 1. The van der Waals surface area contributed by atoms with E-state index in [1.807, 2.05) is 36.4 Å². The lowest BCUT2D eigenvalue weighted by Gasteiger charge is -2.21. The smallest absolute Gasteiger partial charge is 0.220 e. The van der Waals surface area contributed by atoms with Gasteiger partial charge in [0.1, 0.15) is 5.69 Å². The minimum Gasteiger partial charge on any atom is -0.382 e. The number of carbonyl (C=O) groups excluding carboxylic acids is 2. The molecule has 1 unspecified atom stereocenters. The van der Waals surface area contributed by atoms with Crippen LogP contribution in [-0.4, -0.2) is 38.4 Å². The fourth-order valence-corrected chi connectivity index (χ4v) is 4.25. The number of H-pyrrole nitrogens is 1. The highest BCUT2D eigenvalue weighted by Gasteiger charge is 2.30. The van der Waals surface area contributed by atoms with E-state index in [4.69, 9.17) is 22.3 Å². The molecule has 1 aliphatic heterocycles. The van der Waals surface area contributed by atoms with E-state index in [2.05, 4.69) is 20.5 Å². The molecular weight excluding hydrogens is 428 g/mol. The molecule has 2 aromatic carbocycles. The Morgan fingerprint density at radius 1 is 1.09 bits per heavy atom. The molecule has 0 spiro atoms. The molecule has 160 valence electrons. The Labute approximate surface area is 188 Å². The zero-order valence-corrected chi connectivity index (χ0v) is 17.7. The molecule has 0 saturated carbocycles. The van der Waals surface area contributed by atoms with Gasteiger partial charge in [-0.25, -0.2) is 9.97 Å². The van der Waals surface area contributed by atoms with Crippen LogP contribution in [0.1, 0.15) is 23.3 Å². The molecule has 1 fully saturated rings. The number of carbonyl (C=O) groups is 2. The minimum absolute atomic E-state index is 0.0408. The summed E-state index contributed by atoms with van der Waals surface area (Å²) in [7, 11) is 0. The Kier molecular flexibility index (Phi) is 5.07. The van der Waals surface area contributed by atoms with Gasteiger partial charge in [-0.2, -0.15) is 5.10 Å². The highest BCUT2D eigenvalue weighted by Crippen LogP contribution is 2.35. The molecule has 0 aliphatic carbocycles. The second-order valence-electron chi connectivity index (χ2n) is 7.72. The van der Waals surface area contributed by atoms with Crippen LogP contribution in [-0.2, 0) is 4.79 Å². The van der Waals surface area contributed by atoms with Crippen LogP contribution in [0.5, 0.6) is 0 Å². The van der Waals surface area contributed by atoms with Gasteiger partial charge in [0, 0.05) is 35.4 Å². The zero-order chi connectivity index (χ0) is 22.2. The van der Waals surface area contributed by atoms with E-state index >= 15 is 0 Å². The first-order chi connectivity index (χ1) is 15.5. The first-order valence-electron chi connectivity index (χ1n) is 10.2. The number of anilines is 1. The molecule has 9 heteroatoms. The standard InChI is InChI=1S/C23H19ClN6O2/c24-16-9-14(8-15-11-27-30-18(15)16)20-19(12-4-2-1-3-5-12)29-23(25)21(28-20)22(32)13-6-7-26-17(31)10-13/h1-5,8-9,11,13H,6-7,10H2,(H2,25,29)(H,26,31)(H,27,30). The van der Waals surface area contributed by atoms with Crippen LogP contribution in [0.4, 0.5) is 5.82 Å². The Morgan fingerprint density at radius 2 is 1.88 bits per heavy atom. The van der Waals surface area contributed by atoms with Gasteiger partial charge < -0.3 is 11.1 Å². The largest absolute Gasteiger partial charge is 0.382 e. The normalized spacial score (nSPS) is 16.2. The number of amides is 1. The number of aromatic nitrogens is 4. The second kappa shape index (κ2) is 8.05. The maximum absolute atomic E-state index is 13.2. The number of benzene rings is 2. The lowest BCUT2D eigenvalue weighted by atomic mass is 9.91. The summed E-state index contributed by atoms with van der Waals surface area (Å²) in [5, 5.41) is 10.9. The first kappa shape index (κ1) is 20.1. The lowest BCUT2D eigenvalue weighted by Crippen LogP contribution is -2.37. The number of hydrogen-bond acceptors (Lipinski definition) is 6. The van der Waals surface area contributed by atoms with Crippen molar-refractivity contribution in [2.75, 3.05) is 12.3 Å². The molecular formula is C23H19ClN6O2. The number of nitrogen functional groups attached to an aromatic ring is 1. The van der Waals surface area contributed by atoms with Gasteiger partial charge in [0.15, 0.2) is 11.6 Å². The molecule has 0 bridgehead atoms. The molecule has 4 aromatic rings. The quantitative estimate of drug-likeness (QED) is 0.411. The van der Waals surface area contributed by atoms with E-state index in [1.165, 1.54) is 0 Å². The van der Waals surface area contributed by atoms with E-state index in [1.54, 1.807) is 12.3 Å². The molecule has 1 saturated heterocycles. The highest BCUT2D eigenvalue weighted by atomic mass is 35.5. The number of aromatic amines is 1. The van der Waals surface area contributed by atoms with E-state index in [0.717, 1.165) is 10.9 Å². The first-order valence-corrected chi connectivity index (χ1v) is 10.6. The lowest BCUT2D eigenvalue weighted by molar-refractivity contribution is -0.123. The molecule has 5 rings (SSSR count). The average Bonchev–Trinajstić information content (AvgIpc) is 3.28. The number of ketones is 1. The summed E-state index contributed by atoms with van der Waals surface area (Å²) in [6.07, 6.45) is 2.32. The topological polar surface area (TPSA) is 127 Å². The molecule has 2 aromatic heterocycles. The number of nitrogens with two attached hydrogens (primary N) is 1. The predicted molar refractivity (Wildman–Crippen MR) is 122 cm³/mol. The van der Waals surface area contributed by atoms with E-state index in [0.29, 0.717) is 40.5 Å². The Bertz CT molecular complexity index is 1350. The van der Waals surface area contributed by atoms with Crippen LogP contribution in [0, 0.1) is 5.92 Å². The second-order valence-corrected chi connectivity index (χ2v) is 8.12. The Morgan fingerprint density at radius 3 is 2.66 bits per heavy atom. The van der Waals surface area contributed by atoms with Crippen LogP contribution in [0.2, 0.25) is 5.02 Å². The van der Waals surface area contributed by atoms with Crippen molar-refractivity contribution in [2.45, 2.75) is 12.8 Å². The fraction of sp³-hybridized carbons (Fsp3) is 0.174. The summed E-state index contributed by atoms with van der Waals surface area (Å²) >= 11 is 6.47. The van der Waals surface area contributed by atoms with Gasteiger partial charge in [-0.1, -0.05) is 41.9 Å².